The molecule has 2 heteroatoms. The van der Waals surface area contributed by atoms with Crippen molar-refractivity contribution in [3.8, 4) is 0 Å². The summed E-state index contributed by atoms with van der Waals surface area (Å²) in [6.45, 7) is 1.94. The third-order valence-electron chi connectivity index (χ3n) is 0.274. The first kappa shape index (κ1) is 4.47. The standard InChI is InChI=1S/C3H7N2/c1-2-3-5-4/h3-4H,2H2,1H3/b5-3+. The predicted molar refractivity (Wildman–Crippen MR) is 21.9 cm³/mol. The van der Waals surface area contributed by atoms with E-state index < -0.39 is 0 Å². The first-order valence-corrected chi connectivity index (χ1v) is 1.60. The molecule has 0 aromatic heterocycles. The maximum atomic E-state index is 6.17. The Morgan fingerprint density at radius 3 is 2.60 bits per heavy atom. The Labute approximate surface area is 31.7 Å². The lowest BCUT2D eigenvalue weighted by atomic mass is 10.6. The molecule has 0 aromatic rings. The van der Waals surface area contributed by atoms with Crippen LogP contribution in [-0.4, -0.2) is 6.21 Å². The lowest BCUT2D eigenvalue weighted by Gasteiger charge is -1.64. The van der Waals surface area contributed by atoms with Crippen molar-refractivity contribution in [1.82, 2.24) is 5.84 Å². The third kappa shape index (κ3) is 3.47. The summed E-state index contributed by atoms with van der Waals surface area (Å²) < 4.78 is 0. The highest BCUT2D eigenvalue weighted by atomic mass is 15.1. The molecule has 5 heavy (non-hydrogen) atoms. The molecule has 2 nitrogen and oxygen atoms in total. The van der Waals surface area contributed by atoms with Crippen molar-refractivity contribution in [2.45, 2.75) is 13.3 Å². The molecule has 0 aliphatic carbocycles. The van der Waals surface area contributed by atoms with Gasteiger partial charge in [0.25, 0.3) is 0 Å². The Balaban J connectivity index is 2.62. The van der Waals surface area contributed by atoms with Gasteiger partial charge in [-0.2, -0.15) is 5.10 Å². The van der Waals surface area contributed by atoms with Crippen LogP contribution < -0.4 is 5.84 Å². The molecular formula is C3H7N2. The largest absolute Gasteiger partial charge is 0.205 e. The highest BCUT2D eigenvalue weighted by Gasteiger charge is 1.54. The Morgan fingerprint density at radius 2 is 2.60 bits per heavy atom. The van der Waals surface area contributed by atoms with Crippen LogP contribution in [0, 0.1) is 0 Å². The molecule has 0 aromatic carbocycles. The van der Waals surface area contributed by atoms with E-state index in [1.54, 1.807) is 6.21 Å². The van der Waals surface area contributed by atoms with Crippen molar-refractivity contribution in [1.29, 1.82) is 0 Å². The molecule has 0 aliphatic rings. The number of nitrogens with zero attached hydrogens (tertiary/aromatic N) is 1. The molecule has 0 saturated carbocycles. The van der Waals surface area contributed by atoms with Gasteiger partial charge in [0.15, 0.2) is 0 Å². The van der Waals surface area contributed by atoms with E-state index in [1.165, 1.54) is 0 Å². The van der Waals surface area contributed by atoms with Gasteiger partial charge in [-0.25, -0.2) is 5.84 Å². The molecule has 0 rings (SSSR count). The minimum absolute atomic E-state index is 0.865. The van der Waals surface area contributed by atoms with Crippen molar-refractivity contribution in [3.05, 3.63) is 0 Å². The normalized spacial score (nSPS) is 9.80. The van der Waals surface area contributed by atoms with E-state index in [1.807, 2.05) is 6.92 Å². The smallest absolute Gasteiger partial charge is 0.0260 e. The highest BCUT2D eigenvalue weighted by molar-refractivity contribution is 5.55. The lowest BCUT2D eigenvalue weighted by Crippen LogP contribution is -1.63. The van der Waals surface area contributed by atoms with Gasteiger partial charge in [-0.05, 0) is 6.42 Å². The zero-order chi connectivity index (χ0) is 4.12. The predicted octanol–water partition coefficient (Wildman–Crippen LogP) is 0.665. The van der Waals surface area contributed by atoms with E-state index in [4.69, 9.17) is 5.84 Å². The molecule has 1 radical (unpaired) electrons. The zero-order valence-corrected chi connectivity index (χ0v) is 3.23. The maximum Gasteiger partial charge on any atom is 0.0260 e. The first-order chi connectivity index (χ1) is 2.41. The second-order valence-electron chi connectivity index (χ2n) is 0.720. The number of rotatable bonds is 1. The van der Waals surface area contributed by atoms with E-state index in [0.29, 0.717) is 0 Å². The van der Waals surface area contributed by atoms with Gasteiger partial charge in [-0.1, -0.05) is 6.92 Å². The fourth-order valence-corrected chi connectivity index (χ4v) is 0.0913. The summed E-state index contributed by atoms with van der Waals surface area (Å²) in [4.78, 5) is 0. The van der Waals surface area contributed by atoms with Crippen LogP contribution in [0.5, 0.6) is 0 Å². The molecule has 29 valence electrons. The molecule has 0 spiro atoms. The molecule has 0 unspecified atom stereocenters. The SMILES string of the molecule is CC/C=N/[NH]. The topological polar surface area (TPSA) is 36.2 Å². The van der Waals surface area contributed by atoms with Gasteiger partial charge in [-0.15, -0.1) is 0 Å². The summed E-state index contributed by atoms with van der Waals surface area (Å²) >= 11 is 0. The Hall–Kier alpha value is -0.530. The Kier molecular flexibility index (Phi) is 3.10. The summed E-state index contributed by atoms with van der Waals surface area (Å²) in [6, 6.07) is 0. The summed E-state index contributed by atoms with van der Waals surface area (Å²) in [5, 5.41) is 2.98. The van der Waals surface area contributed by atoms with E-state index in [2.05, 4.69) is 5.10 Å². The van der Waals surface area contributed by atoms with Gasteiger partial charge in [0, 0.05) is 6.21 Å². The van der Waals surface area contributed by atoms with E-state index in [-0.39, 0.29) is 0 Å². The number of hydrogen-bond acceptors (Lipinski definition) is 1. The van der Waals surface area contributed by atoms with Gasteiger partial charge in [0.05, 0.1) is 0 Å². The fourth-order valence-electron chi connectivity index (χ4n) is 0.0913. The summed E-state index contributed by atoms with van der Waals surface area (Å²) in [6.07, 6.45) is 2.41. The molecule has 0 atom stereocenters. The molecule has 0 saturated heterocycles. The van der Waals surface area contributed by atoms with Crippen LogP contribution >= 0.6 is 0 Å². The van der Waals surface area contributed by atoms with Crippen LogP contribution in [0.1, 0.15) is 13.3 Å². The van der Waals surface area contributed by atoms with Crippen molar-refractivity contribution in [2.24, 2.45) is 5.10 Å². The van der Waals surface area contributed by atoms with Gasteiger partial charge in [0.2, 0.25) is 0 Å². The van der Waals surface area contributed by atoms with E-state index in [0.717, 1.165) is 6.42 Å². The quantitative estimate of drug-likeness (QED) is 0.322. The average Bonchev–Trinajstić information content (AvgIpc) is 1.41. The van der Waals surface area contributed by atoms with Crippen LogP contribution in [0.4, 0.5) is 0 Å². The van der Waals surface area contributed by atoms with Crippen LogP contribution in [0.2, 0.25) is 0 Å². The number of hydrogen-bond donors (Lipinski definition) is 0. The Bertz CT molecular complexity index is 31.9. The van der Waals surface area contributed by atoms with Crippen LogP contribution in [-0.2, 0) is 0 Å². The summed E-state index contributed by atoms with van der Waals surface area (Å²) in [5.74, 6) is 6.17. The van der Waals surface area contributed by atoms with E-state index in [9.17, 15) is 0 Å². The van der Waals surface area contributed by atoms with E-state index >= 15 is 0 Å². The molecule has 0 amide bonds. The van der Waals surface area contributed by atoms with Gasteiger partial charge in [0.1, 0.15) is 0 Å². The second-order valence-corrected chi connectivity index (χ2v) is 0.720. The van der Waals surface area contributed by atoms with Crippen molar-refractivity contribution >= 4 is 6.21 Å². The second kappa shape index (κ2) is 3.47. The van der Waals surface area contributed by atoms with Crippen LogP contribution in [0.15, 0.2) is 5.10 Å². The third-order valence-corrected chi connectivity index (χ3v) is 0.274. The molecule has 0 fully saturated rings. The molecule has 0 aliphatic heterocycles. The van der Waals surface area contributed by atoms with Gasteiger partial charge < -0.3 is 0 Å². The van der Waals surface area contributed by atoms with Crippen LogP contribution in [0.25, 0.3) is 0 Å². The average molecular weight is 71.1 g/mol. The first-order valence-electron chi connectivity index (χ1n) is 1.60. The van der Waals surface area contributed by atoms with Crippen molar-refractivity contribution < 1.29 is 0 Å². The molecule has 1 N–H and O–H groups in total. The molecule has 0 heterocycles. The summed E-state index contributed by atoms with van der Waals surface area (Å²) in [5.41, 5.74) is 0. The zero-order valence-electron chi connectivity index (χ0n) is 3.23. The van der Waals surface area contributed by atoms with Crippen molar-refractivity contribution in [3.63, 3.8) is 0 Å². The Morgan fingerprint density at radius 1 is 2.00 bits per heavy atom. The maximum absolute atomic E-state index is 6.17. The highest BCUT2D eigenvalue weighted by Crippen LogP contribution is 1.59. The lowest BCUT2D eigenvalue weighted by molar-refractivity contribution is 1.16. The molecule has 0 bridgehead atoms. The van der Waals surface area contributed by atoms with Gasteiger partial charge in [-0.3, -0.25) is 0 Å². The van der Waals surface area contributed by atoms with Crippen molar-refractivity contribution in [2.75, 3.05) is 0 Å². The summed E-state index contributed by atoms with van der Waals surface area (Å²) in [7, 11) is 0. The minimum atomic E-state index is 0.865. The number of nitrogens with one attached hydrogen (secondary N) is 1. The fraction of sp³-hybridized carbons (Fsp3) is 0.667. The minimum Gasteiger partial charge on any atom is -0.205 e. The van der Waals surface area contributed by atoms with Crippen LogP contribution in [0.3, 0.4) is 0 Å². The molecular weight excluding hydrogens is 64.0 g/mol. The monoisotopic (exact) mass is 71.1 g/mol. The van der Waals surface area contributed by atoms with Gasteiger partial charge >= 0.3 is 0 Å².